The topological polar surface area (TPSA) is 78.1 Å². The zero-order valence-corrected chi connectivity index (χ0v) is 11.0. The molecule has 5 nitrogen and oxygen atoms in total. The van der Waals surface area contributed by atoms with Crippen molar-refractivity contribution in [2.45, 2.75) is 19.8 Å². The van der Waals surface area contributed by atoms with E-state index in [0.29, 0.717) is 23.3 Å². The van der Waals surface area contributed by atoms with E-state index >= 15 is 0 Å². The number of aromatic nitrogens is 2. The second kappa shape index (κ2) is 6.86. The van der Waals surface area contributed by atoms with Crippen molar-refractivity contribution in [3.63, 3.8) is 0 Å². The van der Waals surface area contributed by atoms with Gasteiger partial charge in [-0.1, -0.05) is 5.92 Å². The van der Waals surface area contributed by atoms with Crippen molar-refractivity contribution in [2.24, 2.45) is 0 Å². The van der Waals surface area contributed by atoms with E-state index in [1.165, 1.54) is 6.20 Å². The molecule has 1 heterocycles. The summed E-state index contributed by atoms with van der Waals surface area (Å²) in [6, 6.07) is 0. The molecule has 1 aromatic rings. The van der Waals surface area contributed by atoms with Crippen molar-refractivity contribution in [1.82, 2.24) is 9.97 Å². The van der Waals surface area contributed by atoms with Crippen LogP contribution in [0.5, 0.6) is 0 Å². The van der Waals surface area contributed by atoms with Crippen molar-refractivity contribution in [3.05, 3.63) is 16.5 Å². The van der Waals surface area contributed by atoms with Crippen LogP contribution in [0.4, 0.5) is 5.82 Å². The summed E-state index contributed by atoms with van der Waals surface area (Å²) in [5.74, 6) is 5.59. The molecule has 1 rings (SSSR count). The van der Waals surface area contributed by atoms with Gasteiger partial charge in [-0.3, -0.25) is 4.79 Å². The summed E-state index contributed by atoms with van der Waals surface area (Å²) >= 11 is 3.18. The van der Waals surface area contributed by atoms with Gasteiger partial charge in [0.1, 0.15) is 4.60 Å². The summed E-state index contributed by atoms with van der Waals surface area (Å²) in [4.78, 5) is 19.0. The molecule has 0 aliphatic heterocycles. The number of hydrogen-bond acceptors (Lipinski definition) is 5. The fourth-order valence-corrected chi connectivity index (χ4v) is 1.29. The molecule has 1 aromatic heterocycles. The molecule has 0 unspecified atom stereocenters. The molecule has 6 heteroatoms. The highest BCUT2D eigenvalue weighted by Gasteiger charge is 2.00. The predicted molar refractivity (Wildman–Crippen MR) is 66.9 cm³/mol. The quantitative estimate of drug-likeness (QED) is 0.676. The van der Waals surface area contributed by atoms with Gasteiger partial charge in [0.25, 0.3) is 0 Å². The van der Waals surface area contributed by atoms with Gasteiger partial charge in [-0.05, 0) is 28.8 Å². The summed E-state index contributed by atoms with van der Waals surface area (Å²) < 4.78 is 5.34. The molecule has 0 saturated carbocycles. The molecule has 17 heavy (non-hydrogen) atoms. The minimum absolute atomic E-state index is 0.255. The van der Waals surface area contributed by atoms with E-state index in [4.69, 9.17) is 10.5 Å². The monoisotopic (exact) mass is 297 g/mol. The number of nitrogens with zero attached hydrogens (tertiary/aromatic N) is 2. The largest absolute Gasteiger partial charge is 0.466 e. The van der Waals surface area contributed by atoms with E-state index in [-0.39, 0.29) is 18.2 Å². The molecule has 0 spiro atoms. The average molecular weight is 298 g/mol. The lowest BCUT2D eigenvalue weighted by molar-refractivity contribution is -0.142. The smallest absolute Gasteiger partial charge is 0.306 e. The van der Waals surface area contributed by atoms with Crippen molar-refractivity contribution < 1.29 is 9.53 Å². The van der Waals surface area contributed by atoms with E-state index in [1.807, 2.05) is 0 Å². The SMILES string of the molecule is CCOC(=O)CCC#Cc1nc(Br)cnc1N. The van der Waals surface area contributed by atoms with Crippen LogP contribution in [0, 0.1) is 11.8 Å². The fraction of sp³-hybridized carbons (Fsp3) is 0.364. The van der Waals surface area contributed by atoms with Crippen molar-refractivity contribution in [3.8, 4) is 11.8 Å². The van der Waals surface area contributed by atoms with Gasteiger partial charge in [-0.25, -0.2) is 9.97 Å². The maximum atomic E-state index is 11.0. The number of esters is 1. The molecule has 0 radical (unpaired) electrons. The summed E-state index contributed by atoms with van der Waals surface area (Å²) in [5, 5.41) is 0. The van der Waals surface area contributed by atoms with Gasteiger partial charge in [-0.15, -0.1) is 0 Å². The van der Waals surface area contributed by atoms with Crippen LogP contribution in [-0.2, 0) is 9.53 Å². The summed E-state index contributed by atoms with van der Waals surface area (Å²) in [7, 11) is 0. The van der Waals surface area contributed by atoms with Gasteiger partial charge in [0, 0.05) is 6.42 Å². The number of nitrogens with two attached hydrogens (primary N) is 1. The number of rotatable bonds is 3. The minimum atomic E-state index is -0.255. The lowest BCUT2D eigenvalue weighted by atomic mass is 10.3. The van der Waals surface area contributed by atoms with Crippen LogP contribution in [0.1, 0.15) is 25.5 Å². The standard InChI is InChI=1S/C11H12BrN3O2/c1-2-17-10(16)6-4-3-5-8-11(13)14-7-9(12)15-8/h7H,2,4,6H2,1H3,(H2,13,14). The Labute approximate surface area is 108 Å². The fourth-order valence-electron chi connectivity index (χ4n) is 1.01. The first-order valence-electron chi connectivity index (χ1n) is 5.06. The Kier molecular flexibility index (Phi) is 5.43. The lowest BCUT2D eigenvalue weighted by Crippen LogP contribution is -2.02. The number of anilines is 1. The number of nitrogen functional groups attached to an aromatic ring is 1. The van der Waals surface area contributed by atoms with E-state index in [1.54, 1.807) is 6.92 Å². The van der Waals surface area contributed by atoms with Crippen molar-refractivity contribution in [1.29, 1.82) is 0 Å². The van der Waals surface area contributed by atoms with Crippen LogP contribution >= 0.6 is 15.9 Å². The zero-order valence-electron chi connectivity index (χ0n) is 9.36. The van der Waals surface area contributed by atoms with Crippen LogP contribution in [-0.4, -0.2) is 22.5 Å². The molecule has 0 aliphatic carbocycles. The second-order valence-electron chi connectivity index (χ2n) is 3.03. The molecule has 0 fully saturated rings. The first-order chi connectivity index (χ1) is 8.13. The molecule has 2 N–H and O–H groups in total. The molecular weight excluding hydrogens is 286 g/mol. The van der Waals surface area contributed by atoms with Gasteiger partial charge >= 0.3 is 5.97 Å². The Morgan fingerprint density at radius 3 is 3.12 bits per heavy atom. The molecule has 0 amide bonds. The maximum Gasteiger partial charge on any atom is 0.306 e. The molecule has 0 saturated heterocycles. The van der Waals surface area contributed by atoms with Crippen LogP contribution < -0.4 is 5.73 Å². The molecule has 0 aromatic carbocycles. The van der Waals surface area contributed by atoms with Crippen LogP contribution in [0.2, 0.25) is 0 Å². The van der Waals surface area contributed by atoms with Crippen LogP contribution in [0.3, 0.4) is 0 Å². The van der Waals surface area contributed by atoms with Gasteiger partial charge in [0.05, 0.1) is 19.2 Å². The highest BCUT2D eigenvalue weighted by atomic mass is 79.9. The summed E-state index contributed by atoms with van der Waals surface area (Å²) in [6.07, 6.45) is 2.17. The highest BCUT2D eigenvalue weighted by molar-refractivity contribution is 9.10. The second-order valence-corrected chi connectivity index (χ2v) is 3.85. The van der Waals surface area contributed by atoms with Crippen molar-refractivity contribution >= 4 is 27.7 Å². The number of ether oxygens (including phenoxy) is 1. The van der Waals surface area contributed by atoms with Crippen LogP contribution in [0.25, 0.3) is 0 Å². The Hall–Kier alpha value is -1.61. The average Bonchev–Trinajstić information content (AvgIpc) is 2.29. The Morgan fingerprint density at radius 1 is 1.65 bits per heavy atom. The zero-order chi connectivity index (χ0) is 12.7. The number of carbonyl (C=O) groups excluding carboxylic acids is 1. The number of halogens is 1. The summed E-state index contributed by atoms with van der Waals surface area (Å²) in [6.45, 7) is 2.15. The van der Waals surface area contributed by atoms with E-state index in [9.17, 15) is 4.79 Å². The molecule has 0 aliphatic rings. The van der Waals surface area contributed by atoms with Gasteiger partial charge in [0.2, 0.25) is 0 Å². The Bertz CT molecular complexity index is 466. The third-order valence-corrected chi connectivity index (χ3v) is 2.12. The molecule has 0 bridgehead atoms. The van der Waals surface area contributed by atoms with Gasteiger partial charge in [0.15, 0.2) is 11.5 Å². The van der Waals surface area contributed by atoms with E-state index < -0.39 is 0 Å². The van der Waals surface area contributed by atoms with Gasteiger partial charge < -0.3 is 10.5 Å². The Morgan fingerprint density at radius 2 is 2.41 bits per heavy atom. The first-order valence-corrected chi connectivity index (χ1v) is 5.85. The van der Waals surface area contributed by atoms with E-state index in [0.717, 1.165) is 0 Å². The highest BCUT2D eigenvalue weighted by Crippen LogP contribution is 2.09. The van der Waals surface area contributed by atoms with E-state index in [2.05, 4.69) is 37.7 Å². The third-order valence-electron chi connectivity index (χ3n) is 1.74. The van der Waals surface area contributed by atoms with Crippen LogP contribution in [0.15, 0.2) is 10.8 Å². The Balaban J connectivity index is 2.54. The van der Waals surface area contributed by atoms with Gasteiger partial charge in [-0.2, -0.15) is 0 Å². The predicted octanol–water partition coefficient (Wildman–Crippen LogP) is 1.52. The van der Waals surface area contributed by atoms with Crippen molar-refractivity contribution in [2.75, 3.05) is 12.3 Å². The number of hydrogen-bond donors (Lipinski definition) is 1. The first kappa shape index (κ1) is 13.5. The minimum Gasteiger partial charge on any atom is -0.466 e. The molecule has 90 valence electrons. The lowest BCUT2D eigenvalue weighted by Gasteiger charge is -1.97. The number of carbonyl (C=O) groups is 1. The molecule has 0 atom stereocenters. The molecular formula is C11H12BrN3O2. The summed E-state index contributed by atoms with van der Waals surface area (Å²) in [5.41, 5.74) is 6.00. The third kappa shape index (κ3) is 4.83. The normalized spacial score (nSPS) is 9.29. The maximum absolute atomic E-state index is 11.0.